The van der Waals surface area contributed by atoms with Crippen LogP contribution in [0.2, 0.25) is 0 Å². The Hall–Kier alpha value is -2.95. The van der Waals surface area contributed by atoms with Crippen LogP contribution in [0.15, 0.2) is 53.3 Å². The molecule has 0 fully saturated rings. The van der Waals surface area contributed by atoms with Gasteiger partial charge in [-0.3, -0.25) is 9.59 Å². The molecule has 0 amide bonds. The number of nitrogens with one attached hydrogen (secondary N) is 1. The van der Waals surface area contributed by atoms with Gasteiger partial charge in [-0.15, -0.1) is 0 Å². The molecule has 0 saturated carbocycles. The molecule has 1 N–H and O–H groups in total. The number of nitrogens with zero attached hydrogens (tertiary/aromatic N) is 1. The largest absolute Gasteiger partial charge is 0.427 e. The van der Waals surface area contributed by atoms with Crippen molar-refractivity contribution in [2.75, 3.05) is 0 Å². The van der Waals surface area contributed by atoms with Gasteiger partial charge in [0.2, 0.25) is 0 Å². The van der Waals surface area contributed by atoms with Gasteiger partial charge in [-0.1, -0.05) is 30.3 Å². The number of rotatable bonds is 2. The Labute approximate surface area is 120 Å². The lowest BCUT2D eigenvalue weighted by Crippen LogP contribution is -2.10. The molecule has 1 aromatic heterocycles. The number of ether oxygens (including phenoxy) is 1. The van der Waals surface area contributed by atoms with E-state index in [1.165, 1.54) is 13.0 Å². The molecule has 1 heterocycles. The Morgan fingerprint density at radius 2 is 1.90 bits per heavy atom. The van der Waals surface area contributed by atoms with Crippen LogP contribution in [-0.4, -0.2) is 15.9 Å². The van der Waals surface area contributed by atoms with Crippen molar-refractivity contribution in [3.8, 4) is 17.1 Å². The normalized spacial score (nSPS) is 10.5. The average Bonchev–Trinajstić information content (AvgIpc) is 2.48. The minimum absolute atomic E-state index is 0.271. The van der Waals surface area contributed by atoms with Crippen molar-refractivity contribution in [3.05, 3.63) is 58.9 Å². The highest BCUT2D eigenvalue weighted by molar-refractivity contribution is 5.82. The average molecular weight is 280 g/mol. The predicted octanol–water partition coefficient (Wildman–Crippen LogP) is 2.52. The van der Waals surface area contributed by atoms with Crippen molar-refractivity contribution in [2.24, 2.45) is 0 Å². The van der Waals surface area contributed by atoms with Gasteiger partial charge in [0, 0.05) is 12.5 Å². The van der Waals surface area contributed by atoms with Gasteiger partial charge in [0.15, 0.2) is 0 Å². The molecule has 3 aromatic rings. The van der Waals surface area contributed by atoms with E-state index >= 15 is 0 Å². The van der Waals surface area contributed by atoms with Crippen molar-refractivity contribution < 1.29 is 9.53 Å². The molecular weight excluding hydrogens is 268 g/mol. The molecule has 0 atom stereocenters. The molecule has 0 saturated heterocycles. The number of hydrogen-bond acceptors (Lipinski definition) is 4. The van der Waals surface area contributed by atoms with Crippen molar-refractivity contribution in [2.45, 2.75) is 6.92 Å². The van der Waals surface area contributed by atoms with Gasteiger partial charge in [-0.25, -0.2) is 4.98 Å². The maximum Gasteiger partial charge on any atom is 0.308 e. The number of aromatic nitrogens is 2. The van der Waals surface area contributed by atoms with E-state index in [1.54, 1.807) is 12.1 Å². The molecule has 0 unspecified atom stereocenters. The van der Waals surface area contributed by atoms with Crippen molar-refractivity contribution in [1.82, 2.24) is 9.97 Å². The van der Waals surface area contributed by atoms with Gasteiger partial charge in [0.25, 0.3) is 5.56 Å². The monoisotopic (exact) mass is 280 g/mol. The van der Waals surface area contributed by atoms with Crippen LogP contribution < -0.4 is 10.3 Å². The summed E-state index contributed by atoms with van der Waals surface area (Å²) in [5.41, 5.74) is 1.11. The molecule has 5 heteroatoms. The zero-order chi connectivity index (χ0) is 14.8. The summed E-state index contributed by atoms with van der Waals surface area (Å²) in [5.74, 6) is 0.405. The summed E-state index contributed by atoms with van der Waals surface area (Å²) in [6.07, 6.45) is 0. The summed E-state index contributed by atoms with van der Waals surface area (Å²) in [4.78, 5) is 30.3. The van der Waals surface area contributed by atoms with Gasteiger partial charge in [-0.2, -0.15) is 0 Å². The Bertz CT molecular complexity index is 870. The number of benzene rings is 2. The molecule has 21 heavy (non-hydrogen) atoms. The number of carbonyl (C=O) groups excluding carboxylic acids is 1. The lowest BCUT2D eigenvalue weighted by atomic mass is 10.2. The van der Waals surface area contributed by atoms with Gasteiger partial charge < -0.3 is 9.72 Å². The number of esters is 1. The number of fused-ring (bicyclic) bond motifs is 1. The number of carbonyl (C=O) groups is 1. The van der Waals surface area contributed by atoms with Gasteiger partial charge in [-0.05, 0) is 18.2 Å². The van der Waals surface area contributed by atoms with Gasteiger partial charge in [0.05, 0.1) is 10.9 Å². The highest BCUT2D eigenvalue weighted by Crippen LogP contribution is 2.19. The van der Waals surface area contributed by atoms with E-state index in [2.05, 4.69) is 9.97 Å². The molecule has 3 rings (SSSR count). The Balaban J connectivity index is 2.14. The summed E-state index contributed by atoms with van der Waals surface area (Å²) in [6, 6.07) is 14.2. The van der Waals surface area contributed by atoms with Crippen LogP contribution in [-0.2, 0) is 4.79 Å². The predicted molar refractivity (Wildman–Crippen MR) is 79.1 cm³/mol. The van der Waals surface area contributed by atoms with Crippen LogP contribution in [0.25, 0.3) is 22.3 Å². The van der Waals surface area contributed by atoms with E-state index < -0.39 is 5.97 Å². The van der Waals surface area contributed by atoms with Crippen LogP contribution >= 0.6 is 0 Å². The first-order valence-corrected chi connectivity index (χ1v) is 6.41. The lowest BCUT2D eigenvalue weighted by Gasteiger charge is -2.05. The zero-order valence-electron chi connectivity index (χ0n) is 11.3. The van der Waals surface area contributed by atoms with Crippen LogP contribution in [0.3, 0.4) is 0 Å². The first kappa shape index (κ1) is 13.1. The molecule has 0 aliphatic carbocycles. The second-order valence-corrected chi connectivity index (χ2v) is 4.55. The molecule has 5 nitrogen and oxygen atoms in total. The summed E-state index contributed by atoms with van der Waals surface area (Å²) >= 11 is 0. The van der Waals surface area contributed by atoms with E-state index in [9.17, 15) is 9.59 Å². The standard InChI is InChI=1S/C16H12N2O3/c1-10(19)21-12-7-8-14-13(9-12)16(20)18-15(17-14)11-5-3-2-4-6-11/h2-9H,1H3,(H,17,18,20). The fraction of sp³-hybridized carbons (Fsp3) is 0.0625. The van der Waals surface area contributed by atoms with E-state index in [-0.39, 0.29) is 5.56 Å². The summed E-state index contributed by atoms with van der Waals surface area (Å²) < 4.78 is 4.97. The molecule has 0 aliphatic rings. The van der Waals surface area contributed by atoms with E-state index in [0.29, 0.717) is 22.5 Å². The zero-order valence-corrected chi connectivity index (χ0v) is 11.3. The van der Waals surface area contributed by atoms with E-state index in [4.69, 9.17) is 4.74 Å². The first-order chi connectivity index (χ1) is 10.1. The molecule has 0 radical (unpaired) electrons. The SMILES string of the molecule is CC(=O)Oc1ccc2nc(-c3ccccc3)[nH]c(=O)c2c1. The smallest absolute Gasteiger partial charge is 0.308 e. The highest BCUT2D eigenvalue weighted by Gasteiger charge is 2.08. The molecule has 0 bridgehead atoms. The quantitative estimate of drug-likeness (QED) is 0.578. The van der Waals surface area contributed by atoms with Crippen LogP contribution in [0.4, 0.5) is 0 Å². The Kier molecular flexibility index (Phi) is 3.23. The second kappa shape index (κ2) is 5.20. The summed E-state index contributed by atoms with van der Waals surface area (Å²) in [7, 11) is 0. The van der Waals surface area contributed by atoms with Crippen LogP contribution in [0.5, 0.6) is 5.75 Å². The third-order valence-electron chi connectivity index (χ3n) is 2.99. The summed E-state index contributed by atoms with van der Waals surface area (Å²) in [5, 5.41) is 0.383. The van der Waals surface area contributed by atoms with Gasteiger partial charge in [0.1, 0.15) is 11.6 Å². The maximum absolute atomic E-state index is 12.2. The molecule has 0 spiro atoms. The Morgan fingerprint density at radius 1 is 1.14 bits per heavy atom. The van der Waals surface area contributed by atoms with E-state index in [1.807, 2.05) is 30.3 Å². The van der Waals surface area contributed by atoms with E-state index in [0.717, 1.165) is 5.56 Å². The summed E-state index contributed by atoms with van der Waals surface area (Å²) in [6.45, 7) is 1.31. The topological polar surface area (TPSA) is 72.0 Å². The van der Waals surface area contributed by atoms with Crippen LogP contribution in [0, 0.1) is 0 Å². The second-order valence-electron chi connectivity index (χ2n) is 4.55. The number of aromatic amines is 1. The fourth-order valence-corrected chi connectivity index (χ4v) is 2.08. The minimum Gasteiger partial charge on any atom is -0.427 e. The third-order valence-corrected chi connectivity index (χ3v) is 2.99. The van der Waals surface area contributed by atoms with Crippen molar-refractivity contribution >= 4 is 16.9 Å². The molecule has 104 valence electrons. The molecule has 0 aliphatic heterocycles. The first-order valence-electron chi connectivity index (χ1n) is 6.41. The van der Waals surface area contributed by atoms with Crippen molar-refractivity contribution in [3.63, 3.8) is 0 Å². The maximum atomic E-state index is 12.2. The highest BCUT2D eigenvalue weighted by atomic mass is 16.5. The van der Waals surface area contributed by atoms with Crippen molar-refractivity contribution in [1.29, 1.82) is 0 Å². The lowest BCUT2D eigenvalue weighted by molar-refractivity contribution is -0.131. The van der Waals surface area contributed by atoms with Gasteiger partial charge >= 0.3 is 5.97 Å². The number of H-pyrrole nitrogens is 1. The third kappa shape index (κ3) is 2.67. The number of hydrogen-bond donors (Lipinski definition) is 1. The van der Waals surface area contributed by atoms with Crippen LogP contribution in [0.1, 0.15) is 6.92 Å². The minimum atomic E-state index is -0.431. The Morgan fingerprint density at radius 3 is 2.62 bits per heavy atom. The fourth-order valence-electron chi connectivity index (χ4n) is 2.08. The molecular formula is C16H12N2O3. The molecule has 2 aromatic carbocycles.